The summed E-state index contributed by atoms with van der Waals surface area (Å²) >= 11 is 6.29. The zero-order valence-corrected chi connectivity index (χ0v) is 14.9. The number of rotatable bonds is 4. The van der Waals surface area contributed by atoms with Crippen LogP contribution in [0.3, 0.4) is 0 Å². The monoisotopic (exact) mass is 349 g/mol. The Hall–Kier alpha value is -1.88. The largest absolute Gasteiger partial charge is 0.311 e. The first-order valence-corrected chi connectivity index (χ1v) is 8.63. The molecule has 0 bridgehead atoms. The lowest BCUT2D eigenvalue weighted by Crippen LogP contribution is -2.26. The number of aryl methyl sites for hydroxylation is 3. The molecular formula is C18H21ClFN3O. The molecule has 1 aliphatic rings. The summed E-state index contributed by atoms with van der Waals surface area (Å²) in [6.07, 6.45) is 2.17. The van der Waals surface area contributed by atoms with E-state index in [-0.39, 0.29) is 18.1 Å². The minimum absolute atomic E-state index is 0.137. The minimum atomic E-state index is -0.406. The smallest absolute Gasteiger partial charge is 0.226 e. The van der Waals surface area contributed by atoms with Crippen LogP contribution in [0, 0.1) is 19.7 Å². The van der Waals surface area contributed by atoms with Crippen LogP contribution >= 0.6 is 11.6 Å². The summed E-state index contributed by atoms with van der Waals surface area (Å²) < 4.78 is 16.6. The third kappa shape index (κ3) is 2.81. The van der Waals surface area contributed by atoms with Crippen molar-refractivity contribution in [1.29, 1.82) is 0 Å². The van der Waals surface area contributed by atoms with E-state index in [4.69, 9.17) is 11.6 Å². The van der Waals surface area contributed by atoms with E-state index in [1.807, 2.05) is 11.6 Å². The Morgan fingerprint density at radius 1 is 1.38 bits per heavy atom. The highest BCUT2D eigenvalue weighted by Crippen LogP contribution is 2.43. The highest BCUT2D eigenvalue weighted by atomic mass is 35.5. The van der Waals surface area contributed by atoms with E-state index >= 15 is 0 Å². The predicted molar refractivity (Wildman–Crippen MR) is 93.1 cm³/mol. The van der Waals surface area contributed by atoms with E-state index in [9.17, 15) is 9.18 Å². The van der Waals surface area contributed by atoms with Crippen molar-refractivity contribution in [3.8, 4) is 0 Å². The van der Waals surface area contributed by atoms with Gasteiger partial charge in [0, 0.05) is 35.0 Å². The molecule has 0 saturated heterocycles. The number of nitrogens with zero attached hydrogens (tertiary/aromatic N) is 2. The van der Waals surface area contributed by atoms with Crippen molar-refractivity contribution >= 4 is 23.3 Å². The second kappa shape index (κ2) is 6.55. The van der Waals surface area contributed by atoms with Crippen LogP contribution in [0.5, 0.6) is 0 Å². The molecule has 0 fully saturated rings. The van der Waals surface area contributed by atoms with Crippen molar-refractivity contribution in [2.45, 2.75) is 52.5 Å². The molecule has 1 aliphatic heterocycles. The molecule has 1 N–H and O–H groups in total. The molecule has 0 aliphatic carbocycles. The summed E-state index contributed by atoms with van der Waals surface area (Å²) in [6.45, 7) is 6.43. The highest BCUT2D eigenvalue weighted by Gasteiger charge is 2.35. The van der Waals surface area contributed by atoms with E-state index in [0.717, 1.165) is 30.6 Å². The average Bonchev–Trinajstić information content (AvgIpc) is 2.85. The Balaban J connectivity index is 2.15. The van der Waals surface area contributed by atoms with Crippen LogP contribution in [0.4, 0.5) is 10.2 Å². The summed E-state index contributed by atoms with van der Waals surface area (Å²) in [5, 5.41) is 7.82. The molecule has 24 heavy (non-hydrogen) atoms. The van der Waals surface area contributed by atoms with Gasteiger partial charge < -0.3 is 5.32 Å². The van der Waals surface area contributed by atoms with Gasteiger partial charge in [0.15, 0.2) is 0 Å². The van der Waals surface area contributed by atoms with Crippen LogP contribution in [0.1, 0.15) is 54.5 Å². The molecule has 0 spiro atoms. The van der Waals surface area contributed by atoms with Crippen LogP contribution in [0.15, 0.2) is 12.1 Å². The third-order valence-electron chi connectivity index (χ3n) is 4.56. The van der Waals surface area contributed by atoms with Crippen LogP contribution in [0.25, 0.3) is 0 Å². The van der Waals surface area contributed by atoms with Crippen LogP contribution in [0.2, 0.25) is 5.02 Å². The quantitative estimate of drug-likeness (QED) is 0.879. The fraction of sp³-hybridized carbons (Fsp3) is 0.444. The number of halogens is 2. The zero-order chi connectivity index (χ0) is 17.4. The fourth-order valence-electron chi connectivity index (χ4n) is 3.33. The lowest BCUT2D eigenvalue weighted by Gasteiger charge is -2.26. The summed E-state index contributed by atoms with van der Waals surface area (Å²) in [7, 11) is 0. The van der Waals surface area contributed by atoms with Crippen LogP contribution in [-0.4, -0.2) is 15.7 Å². The van der Waals surface area contributed by atoms with Crippen LogP contribution in [-0.2, 0) is 11.3 Å². The van der Waals surface area contributed by atoms with Gasteiger partial charge in [0.1, 0.15) is 11.6 Å². The first kappa shape index (κ1) is 17.0. The third-order valence-corrected chi connectivity index (χ3v) is 4.89. The van der Waals surface area contributed by atoms with E-state index in [1.165, 1.54) is 0 Å². The predicted octanol–water partition coefficient (Wildman–Crippen LogP) is 4.57. The van der Waals surface area contributed by atoms with E-state index < -0.39 is 5.92 Å². The van der Waals surface area contributed by atoms with Crippen molar-refractivity contribution in [3.05, 3.63) is 45.4 Å². The molecule has 0 saturated carbocycles. The Morgan fingerprint density at radius 2 is 2.12 bits per heavy atom. The summed E-state index contributed by atoms with van der Waals surface area (Å²) in [5.41, 5.74) is 2.60. The number of benzene rings is 1. The first-order valence-electron chi connectivity index (χ1n) is 8.25. The Kier molecular flexibility index (Phi) is 4.63. The van der Waals surface area contributed by atoms with Gasteiger partial charge in [-0.15, -0.1) is 0 Å². The molecule has 2 aromatic rings. The number of amides is 1. The number of unbranched alkanes of at least 4 members (excludes halogenated alkanes) is 1. The topological polar surface area (TPSA) is 46.9 Å². The van der Waals surface area contributed by atoms with Gasteiger partial charge in [-0.1, -0.05) is 31.0 Å². The summed E-state index contributed by atoms with van der Waals surface area (Å²) in [6, 6.07) is 3.35. The maximum atomic E-state index is 14.8. The standard InChI is InChI=1S/C18H21ClFN3O/c1-4-5-8-23-18-15(11(3)22-23)12(9-14(24)21-18)16-13(19)7-6-10(2)17(16)20/h6-7,12H,4-5,8-9H2,1-3H3,(H,21,24). The first-order chi connectivity index (χ1) is 11.4. The number of nitrogens with one attached hydrogen (secondary N) is 1. The maximum absolute atomic E-state index is 14.8. The van der Waals surface area contributed by atoms with E-state index in [2.05, 4.69) is 17.3 Å². The Morgan fingerprint density at radius 3 is 2.83 bits per heavy atom. The molecule has 1 atom stereocenters. The van der Waals surface area contributed by atoms with Gasteiger partial charge in [0.25, 0.3) is 0 Å². The van der Waals surface area contributed by atoms with Gasteiger partial charge in [-0.05, 0) is 31.9 Å². The van der Waals surface area contributed by atoms with Crippen molar-refractivity contribution in [2.75, 3.05) is 5.32 Å². The van der Waals surface area contributed by atoms with Crippen molar-refractivity contribution < 1.29 is 9.18 Å². The van der Waals surface area contributed by atoms with Crippen LogP contribution < -0.4 is 5.32 Å². The average molecular weight is 350 g/mol. The zero-order valence-electron chi connectivity index (χ0n) is 14.1. The molecule has 4 nitrogen and oxygen atoms in total. The fourth-order valence-corrected chi connectivity index (χ4v) is 3.61. The van der Waals surface area contributed by atoms with Crippen molar-refractivity contribution in [3.63, 3.8) is 0 Å². The molecule has 2 heterocycles. The molecule has 1 amide bonds. The number of fused-ring (bicyclic) bond motifs is 1. The number of carbonyl (C=O) groups is 1. The van der Waals surface area contributed by atoms with Gasteiger partial charge in [-0.2, -0.15) is 5.10 Å². The number of aromatic nitrogens is 2. The molecular weight excluding hydrogens is 329 g/mol. The normalized spacial score (nSPS) is 16.9. The number of anilines is 1. The molecule has 3 rings (SSSR count). The molecule has 1 aromatic carbocycles. The second-order valence-corrected chi connectivity index (χ2v) is 6.73. The molecule has 0 radical (unpaired) electrons. The lowest BCUT2D eigenvalue weighted by atomic mass is 9.84. The van der Waals surface area contributed by atoms with Crippen molar-refractivity contribution in [1.82, 2.24) is 9.78 Å². The van der Waals surface area contributed by atoms with Gasteiger partial charge in [0.05, 0.1) is 5.69 Å². The Labute approximate surface area is 146 Å². The minimum Gasteiger partial charge on any atom is -0.311 e. The molecule has 128 valence electrons. The van der Waals surface area contributed by atoms with Gasteiger partial charge in [-0.3, -0.25) is 4.79 Å². The maximum Gasteiger partial charge on any atom is 0.226 e. The molecule has 1 unspecified atom stereocenters. The Bertz CT molecular complexity index is 800. The van der Waals surface area contributed by atoms with Gasteiger partial charge in [0.2, 0.25) is 5.91 Å². The second-order valence-electron chi connectivity index (χ2n) is 6.32. The van der Waals surface area contributed by atoms with Gasteiger partial charge >= 0.3 is 0 Å². The summed E-state index contributed by atoms with van der Waals surface area (Å²) in [4.78, 5) is 12.2. The number of carbonyl (C=O) groups excluding carboxylic acids is 1. The lowest BCUT2D eigenvalue weighted by molar-refractivity contribution is -0.116. The van der Waals surface area contributed by atoms with Gasteiger partial charge in [-0.25, -0.2) is 9.07 Å². The number of hydrogen-bond acceptors (Lipinski definition) is 2. The summed E-state index contributed by atoms with van der Waals surface area (Å²) in [5.74, 6) is -0.202. The van der Waals surface area contributed by atoms with Crippen molar-refractivity contribution in [2.24, 2.45) is 0 Å². The number of hydrogen-bond donors (Lipinski definition) is 1. The van der Waals surface area contributed by atoms with E-state index in [1.54, 1.807) is 19.1 Å². The van der Waals surface area contributed by atoms with E-state index in [0.29, 0.717) is 22.0 Å². The highest BCUT2D eigenvalue weighted by molar-refractivity contribution is 6.31. The molecule has 6 heteroatoms. The SMILES string of the molecule is CCCCn1nc(C)c2c1NC(=O)CC2c1c(Cl)ccc(C)c1F. The molecule has 1 aromatic heterocycles.